The Morgan fingerprint density at radius 2 is 1.77 bits per heavy atom. The van der Waals surface area contributed by atoms with Crippen molar-refractivity contribution in [1.82, 2.24) is 0 Å². The Morgan fingerprint density at radius 3 is 2.33 bits per heavy atom. The van der Waals surface area contributed by atoms with Crippen LogP contribution in [0.4, 0.5) is 13.2 Å². The second-order valence-corrected chi connectivity index (χ2v) is 7.44. The van der Waals surface area contributed by atoms with Crippen molar-refractivity contribution in [3.05, 3.63) is 35.4 Å². The van der Waals surface area contributed by atoms with Crippen molar-refractivity contribution in [2.24, 2.45) is 0 Å². The molecule has 0 saturated heterocycles. The summed E-state index contributed by atoms with van der Waals surface area (Å²) in [5, 5.41) is 0. The molecule has 0 saturated carbocycles. The molecule has 1 aliphatic rings. The van der Waals surface area contributed by atoms with E-state index >= 15 is 0 Å². The van der Waals surface area contributed by atoms with Gasteiger partial charge in [-0.25, -0.2) is 4.79 Å². The van der Waals surface area contributed by atoms with Crippen molar-refractivity contribution in [3.8, 4) is 28.4 Å². The van der Waals surface area contributed by atoms with Gasteiger partial charge in [0.25, 0.3) is 0 Å². The van der Waals surface area contributed by atoms with Crippen LogP contribution in [0.5, 0.6) is 17.2 Å². The Morgan fingerprint density at radius 1 is 1.07 bits per heavy atom. The molecule has 0 N–H and O–H groups in total. The third kappa shape index (κ3) is 4.03. The zero-order valence-corrected chi connectivity index (χ0v) is 17.7. The van der Waals surface area contributed by atoms with Crippen molar-refractivity contribution in [2.45, 2.75) is 30.0 Å². The Kier molecular flexibility index (Phi) is 6.40. The molecule has 0 spiro atoms. The number of hydrogen-bond acceptors (Lipinski definition) is 6. The first-order valence-corrected chi connectivity index (χ1v) is 10.3. The van der Waals surface area contributed by atoms with Gasteiger partial charge in [0.2, 0.25) is 5.75 Å². The molecule has 0 heterocycles. The van der Waals surface area contributed by atoms with E-state index in [1.807, 2.05) is 12.3 Å². The van der Waals surface area contributed by atoms with Gasteiger partial charge in [0, 0.05) is 16.0 Å². The normalized spacial score (nSPS) is 15.5. The second-order valence-electron chi connectivity index (χ2n) is 6.56. The molecule has 2 aromatic rings. The summed E-state index contributed by atoms with van der Waals surface area (Å²) in [6.07, 6.45) is -3.74. The number of halogens is 3. The molecule has 0 radical (unpaired) electrons. The molecule has 0 aliphatic heterocycles. The number of carbonyl (C=O) groups is 1. The van der Waals surface area contributed by atoms with Gasteiger partial charge in [0.1, 0.15) is 6.10 Å². The monoisotopic (exact) mass is 442 g/mol. The fourth-order valence-corrected chi connectivity index (χ4v) is 4.07. The standard InChI is InChI=1S/C21H21F3O5S/c1-26-16-9-11-5-8-15(29-20(25)21(22,23)24)14-10-12(30-4)6-7-13(14)17(11)19(28-3)18(16)27-2/h6-7,9-10,15H,5,8H2,1-4H3/t15-/m0/s1. The second kappa shape index (κ2) is 8.67. The fourth-order valence-electron chi connectivity index (χ4n) is 3.62. The van der Waals surface area contributed by atoms with Gasteiger partial charge in [-0.3, -0.25) is 0 Å². The largest absolute Gasteiger partial charge is 0.493 e. The van der Waals surface area contributed by atoms with Gasteiger partial charge in [0.05, 0.1) is 21.3 Å². The predicted octanol–water partition coefficient (Wildman–Crippen LogP) is 5.19. The Balaban J connectivity index is 2.24. The number of methoxy groups -OCH3 is 3. The van der Waals surface area contributed by atoms with E-state index < -0.39 is 18.2 Å². The zero-order chi connectivity index (χ0) is 22.1. The summed E-state index contributed by atoms with van der Waals surface area (Å²) in [5.41, 5.74) is 2.60. The minimum Gasteiger partial charge on any atom is -0.493 e. The van der Waals surface area contributed by atoms with Gasteiger partial charge in [-0.2, -0.15) is 13.2 Å². The molecule has 1 atom stereocenters. The van der Waals surface area contributed by atoms with Crippen molar-refractivity contribution in [1.29, 1.82) is 0 Å². The van der Waals surface area contributed by atoms with Crippen LogP contribution in [0.2, 0.25) is 0 Å². The van der Waals surface area contributed by atoms with Crippen LogP contribution in [0.1, 0.15) is 23.7 Å². The predicted molar refractivity (Wildman–Crippen MR) is 107 cm³/mol. The van der Waals surface area contributed by atoms with Crippen LogP contribution in [-0.4, -0.2) is 39.7 Å². The van der Waals surface area contributed by atoms with Gasteiger partial charge < -0.3 is 18.9 Å². The lowest BCUT2D eigenvalue weighted by Gasteiger charge is -2.21. The lowest BCUT2D eigenvalue weighted by atomic mass is 9.94. The minimum atomic E-state index is -5.07. The van der Waals surface area contributed by atoms with Gasteiger partial charge in [-0.15, -0.1) is 11.8 Å². The minimum absolute atomic E-state index is 0.179. The maximum Gasteiger partial charge on any atom is 0.490 e. The van der Waals surface area contributed by atoms with Crippen LogP contribution in [0.3, 0.4) is 0 Å². The molecule has 3 rings (SSSR count). The van der Waals surface area contributed by atoms with Crippen LogP contribution in [-0.2, 0) is 16.0 Å². The lowest BCUT2D eigenvalue weighted by molar-refractivity contribution is -0.205. The van der Waals surface area contributed by atoms with E-state index in [4.69, 9.17) is 18.9 Å². The van der Waals surface area contributed by atoms with Crippen LogP contribution in [0.25, 0.3) is 11.1 Å². The van der Waals surface area contributed by atoms with Gasteiger partial charge in [-0.1, -0.05) is 6.07 Å². The third-order valence-electron chi connectivity index (χ3n) is 4.94. The zero-order valence-electron chi connectivity index (χ0n) is 16.9. The third-order valence-corrected chi connectivity index (χ3v) is 5.67. The number of esters is 1. The maximum absolute atomic E-state index is 12.9. The highest BCUT2D eigenvalue weighted by Gasteiger charge is 2.43. The highest BCUT2D eigenvalue weighted by molar-refractivity contribution is 7.98. The first-order valence-electron chi connectivity index (χ1n) is 9.03. The summed E-state index contributed by atoms with van der Waals surface area (Å²) in [6.45, 7) is 0. The Bertz CT molecular complexity index is 959. The van der Waals surface area contributed by atoms with Crippen LogP contribution >= 0.6 is 11.8 Å². The number of hydrogen-bond donors (Lipinski definition) is 0. The topological polar surface area (TPSA) is 54.0 Å². The van der Waals surface area contributed by atoms with Crippen molar-refractivity contribution >= 4 is 17.7 Å². The fraction of sp³-hybridized carbons (Fsp3) is 0.381. The van der Waals surface area contributed by atoms with Crippen molar-refractivity contribution in [3.63, 3.8) is 0 Å². The molecule has 30 heavy (non-hydrogen) atoms. The summed E-state index contributed by atoms with van der Waals surface area (Å²) >= 11 is 1.44. The Hall–Kier alpha value is -2.55. The summed E-state index contributed by atoms with van der Waals surface area (Å²) in [4.78, 5) is 12.4. The molecule has 2 aromatic carbocycles. The molecule has 0 fully saturated rings. The molecule has 5 nitrogen and oxygen atoms in total. The van der Waals surface area contributed by atoms with E-state index in [0.29, 0.717) is 40.4 Å². The molecule has 0 bridgehead atoms. The highest BCUT2D eigenvalue weighted by Crippen LogP contribution is 2.51. The quantitative estimate of drug-likeness (QED) is 0.469. The number of aryl methyl sites for hydroxylation is 1. The maximum atomic E-state index is 12.9. The summed E-state index contributed by atoms with van der Waals surface area (Å²) in [5.74, 6) is -0.973. The molecular weight excluding hydrogens is 421 g/mol. The number of ether oxygens (including phenoxy) is 4. The van der Waals surface area contributed by atoms with E-state index in [1.165, 1.54) is 33.1 Å². The van der Waals surface area contributed by atoms with E-state index in [9.17, 15) is 18.0 Å². The SMILES string of the molecule is COc1cc2c(c(OC)c1OC)-c1ccc(SC)cc1[C@@H](OC(=O)C(F)(F)F)CC2. The number of fused-ring (bicyclic) bond motifs is 3. The molecule has 0 amide bonds. The molecule has 0 unspecified atom stereocenters. The molecule has 1 aliphatic carbocycles. The van der Waals surface area contributed by atoms with E-state index in [2.05, 4.69) is 0 Å². The van der Waals surface area contributed by atoms with Crippen molar-refractivity contribution in [2.75, 3.05) is 27.6 Å². The summed E-state index contributed by atoms with van der Waals surface area (Å²) in [6, 6.07) is 7.18. The molecular formula is C21H21F3O5S. The smallest absolute Gasteiger partial charge is 0.490 e. The number of thioether (sulfide) groups is 1. The van der Waals surface area contributed by atoms with Crippen LogP contribution < -0.4 is 14.2 Å². The number of rotatable bonds is 5. The first kappa shape index (κ1) is 22.1. The van der Waals surface area contributed by atoms with E-state index in [-0.39, 0.29) is 6.42 Å². The average molecular weight is 442 g/mol. The summed E-state index contributed by atoms with van der Waals surface area (Å²) < 4.78 is 60.0. The Labute approximate surface area is 176 Å². The van der Waals surface area contributed by atoms with Gasteiger partial charge in [-0.05, 0) is 48.4 Å². The van der Waals surface area contributed by atoms with Crippen molar-refractivity contribution < 1.29 is 36.9 Å². The van der Waals surface area contributed by atoms with E-state index in [1.54, 1.807) is 18.2 Å². The number of alkyl halides is 3. The van der Waals surface area contributed by atoms with Gasteiger partial charge >= 0.3 is 12.1 Å². The van der Waals surface area contributed by atoms with Gasteiger partial charge in [0.15, 0.2) is 11.5 Å². The molecule has 0 aromatic heterocycles. The van der Waals surface area contributed by atoms with Crippen LogP contribution in [0.15, 0.2) is 29.2 Å². The molecule has 9 heteroatoms. The average Bonchev–Trinajstić information content (AvgIpc) is 2.88. The highest BCUT2D eigenvalue weighted by atomic mass is 32.2. The number of carbonyl (C=O) groups excluding carboxylic acids is 1. The number of benzene rings is 2. The summed E-state index contributed by atoms with van der Waals surface area (Å²) in [7, 11) is 4.46. The lowest BCUT2D eigenvalue weighted by Crippen LogP contribution is -2.27. The molecule has 162 valence electrons. The van der Waals surface area contributed by atoms with Crippen LogP contribution in [0, 0.1) is 0 Å². The first-order chi connectivity index (χ1) is 14.2. The van der Waals surface area contributed by atoms with E-state index in [0.717, 1.165) is 10.5 Å².